The summed E-state index contributed by atoms with van der Waals surface area (Å²) in [6, 6.07) is 6.06. The van der Waals surface area contributed by atoms with E-state index in [1.54, 1.807) is 32.0 Å². The van der Waals surface area contributed by atoms with Gasteiger partial charge in [-0.15, -0.1) is 0 Å². The number of hydrogen-bond donors (Lipinski definition) is 2. The van der Waals surface area contributed by atoms with E-state index >= 15 is 0 Å². The molecule has 114 valence electrons. The normalized spacial score (nSPS) is 10.3. The number of nitrogens with one attached hydrogen (secondary N) is 1. The summed E-state index contributed by atoms with van der Waals surface area (Å²) < 4.78 is 0. The summed E-state index contributed by atoms with van der Waals surface area (Å²) in [5, 5.41) is 11.6. The van der Waals surface area contributed by atoms with Gasteiger partial charge in [0.1, 0.15) is 6.54 Å². The van der Waals surface area contributed by atoms with Crippen LogP contribution >= 0.6 is 11.6 Å². The van der Waals surface area contributed by atoms with Crippen molar-refractivity contribution in [1.29, 1.82) is 0 Å². The van der Waals surface area contributed by atoms with E-state index in [4.69, 9.17) is 16.7 Å². The quantitative estimate of drug-likeness (QED) is 0.831. The molecule has 0 radical (unpaired) electrons. The number of hydrogen-bond acceptors (Lipinski definition) is 3. The van der Waals surface area contributed by atoms with E-state index in [-0.39, 0.29) is 12.6 Å². The minimum Gasteiger partial charge on any atom is -0.480 e. The number of aliphatic carboxylic acids is 1. The van der Waals surface area contributed by atoms with Gasteiger partial charge in [-0.05, 0) is 32.0 Å². The van der Waals surface area contributed by atoms with Crippen molar-refractivity contribution in [2.45, 2.75) is 19.9 Å². The molecule has 7 heteroatoms. The zero-order valence-corrected chi connectivity index (χ0v) is 12.6. The summed E-state index contributed by atoms with van der Waals surface area (Å²) in [6.45, 7) is 2.75. The van der Waals surface area contributed by atoms with E-state index in [9.17, 15) is 14.4 Å². The predicted molar refractivity (Wildman–Crippen MR) is 78.3 cm³/mol. The van der Waals surface area contributed by atoms with E-state index in [1.807, 2.05) is 0 Å². The Morgan fingerprint density at radius 2 is 2.00 bits per heavy atom. The van der Waals surface area contributed by atoms with Crippen LogP contribution in [0.5, 0.6) is 0 Å². The maximum atomic E-state index is 11.9. The third-order valence-electron chi connectivity index (χ3n) is 2.74. The van der Waals surface area contributed by atoms with E-state index < -0.39 is 24.3 Å². The second kappa shape index (κ2) is 7.64. The van der Waals surface area contributed by atoms with Gasteiger partial charge < -0.3 is 15.3 Å². The second-order valence-corrected chi connectivity index (χ2v) is 5.14. The number of carboxylic acid groups (broad SMARTS) is 1. The molecule has 0 aromatic heterocycles. The highest BCUT2D eigenvalue weighted by molar-refractivity contribution is 6.30. The number of carbonyl (C=O) groups is 3. The maximum absolute atomic E-state index is 11.9. The van der Waals surface area contributed by atoms with E-state index in [0.29, 0.717) is 10.6 Å². The van der Waals surface area contributed by atoms with Crippen molar-refractivity contribution in [1.82, 2.24) is 10.2 Å². The smallest absolute Gasteiger partial charge is 0.323 e. The van der Waals surface area contributed by atoms with Crippen LogP contribution in [0, 0.1) is 0 Å². The number of halogens is 1. The Morgan fingerprint density at radius 3 is 2.52 bits per heavy atom. The molecule has 1 aromatic rings. The number of amides is 2. The average molecular weight is 313 g/mol. The van der Waals surface area contributed by atoms with Gasteiger partial charge in [0.05, 0.1) is 6.54 Å². The Hall–Kier alpha value is -2.08. The molecule has 0 aliphatic rings. The number of nitrogens with zero attached hydrogens (tertiary/aromatic N) is 1. The molecule has 0 unspecified atom stereocenters. The molecule has 0 heterocycles. The Labute approximate surface area is 127 Å². The highest BCUT2D eigenvalue weighted by atomic mass is 35.5. The fourth-order valence-corrected chi connectivity index (χ4v) is 1.88. The van der Waals surface area contributed by atoms with Crippen LogP contribution in [0.2, 0.25) is 5.02 Å². The van der Waals surface area contributed by atoms with Gasteiger partial charge in [-0.2, -0.15) is 0 Å². The summed E-state index contributed by atoms with van der Waals surface area (Å²) in [4.78, 5) is 35.7. The van der Waals surface area contributed by atoms with Crippen LogP contribution in [0.1, 0.15) is 24.2 Å². The zero-order chi connectivity index (χ0) is 16.0. The number of rotatable bonds is 6. The van der Waals surface area contributed by atoms with Crippen molar-refractivity contribution in [3.05, 3.63) is 34.9 Å². The summed E-state index contributed by atoms with van der Waals surface area (Å²) in [6.07, 6.45) is 0. The first-order valence-corrected chi connectivity index (χ1v) is 6.74. The largest absolute Gasteiger partial charge is 0.480 e. The Kier molecular flexibility index (Phi) is 6.17. The molecule has 0 saturated carbocycles. The standard InChI is InChI=1S/C14H17ClN2O4/c1-9(2)17(8-13(19)20)12(18)7-16-14(21)10-4-3-5-11(15)6-10/h3-6,9H,7-8H2,1-2H3,(H,16,21)(H,19,20). The lowest BCUT2D eigenvalue weighted by atomic mass is 10.2. The Balaban J connectivity index is 2.62. The van der Waals surface area contributed by atoms with Crippen LogP contribution in [-0.4, -0.2) is 46.9 Å². The topological polar surface area (TPSA) is 86.7 Å². The predicted octanol–water partition coefficient (Wildman–Crippen LogP) is 1.39. The molecule has 0 fully saturated rings. The van der Waals surface area contributed by atoms with Crippen molar-refractivity contribution < 1.29 is 19.5 Å². The van der Waals surface area contributed by atoms with Crippen LogP contribution in [0.3, 0.4) is 0 Å². The van der Waals surface area contributed by atoms with Crippen LogP contribution in [0.4, 0.5) is 0 Å². The lowest BCUT2D eigenvalue weighted by Gasteiger charge is -2.24. The van der Waals surface area contributed by atoms with Crippen molar-refractivity contribution in [3.63, 3.8) is 0 Å². The molecular formula is C14H17ClN2O4. The van der Waals surface area contributed by atoms with Crippen LogP contribution in [0.15, 0.2) is 24.3 Å². The van der Waals surface area contributed by atoms with Gasteiger partial charge in [0.2, 0.25) is 5.91 Å². The van der Waals surface area contributed by atoms with Crippen LogP contribution < -0.4 is 5.32 Å². The van der Waals surface area contributed by atoms with Crippen molar-refractivity contribution in [3.8, 4) is 0 Å². The van der Waals surface area contributed by atoms with Crippen molar-refractivity contribution in [2.24, 2.45) is 0 Å². The van der Waals surface area contributed by atoms with Crippen molar-refractivity contribution in [2.75, 3.05) is 13.1 Å². The van der Waals surface area contributed by atoms with Crippen LogP contribution in [0.25, 0.3) is 0 Å². The molecule has 1 aromatic carbocycles. The van der Waals surface area contributed by atoms with E-state index in [1.165, 1.54) is 11.0 Å². The summed E-state index contributed by atoms with van der Waals surface area (Å²) in [7, 11) is 0. The van der Waals surface area contributed by atoms with Gasteiger partial charge in [0.25, 0.3) is 5.91 Å². The molecular weight excluding hydrogens is 296 g/mol. The van der Waals surface area contributed by atoms with E-state index in [0.717, 1.165) is 0 Å². The van der Waals surface area contributed by atoms with Crippen LogP contribution in [-0.2, 0) is 9.59 Å². The minimum absolute atomic E-state index is 0.267. The number of carboxylic acids is 1. The highest BCUT2D eigenvalue weighted by Crippen LogP contribution is 2.10. The summed E-state index contributed by atoms with van der Waals surface area (Å²) >= 11 is 5.78. The Bertz CT molecular complexity index is 546. The fourth-order valence-electron chi connectivity index (χ4n) is 1.69. The second-order valence-electron chi connectivity index (χ2n) is 4.70. The van der Waals surface area contributed by atoms with Gasteiger partial charge >= 0.3 is 5.97 Å². The summed E-state index contributed by atoms with van der Waals surface area (Å²) in [5.41, 5.74) is 0.338. The first kappa shape index (κ1) is 17.0. The number of carbonyl (C=O) groups excluding carboxylic acids is 2. The molecule has 6 nitrogen and oxygen atoms in total. The van der Waals surface area contributed by atoms with Gasteiger partial charge in [-0.3, -0.25) is 14.4 Å². The Morgan fingerprint density at radius 1 is 1.33 bits per heavy atom. The first-order valence-electron chi connectivity index (χ1n) is 6.36. The van der Waals surface area contributed by atoms with Gasteiger partial charge in [-0.1, -0.05) is 17.7 Å². The lowest BCUT2D eigenvalue weighted by molar-refractivity contribution is -0.145. The van der Waals surface area contributed by atoms with E-state index in [2.05, 4.69) is 5.32 Å². The SMILES string of the molecule is CC(C)N(CC(=O)O)C(=O)CNC(=O)c1cccc(Cl)c1. The molecule has 21 heavy (non-hydrogen) atoms. The molecule has 0 saturated heterocycles. The molecule has 0 aliphatic heterocycles. The zero-order valence-electron chi connectivity index (χ0n) is 11.8. The van der Waals surface area contributed by atoms with Gasteiger partial charge in [-0.25, -0.2) is 0 Å². The maximum Gasteiger partial charge on any atom is 0.323 e. The monoisotopic (exact) mass is 312 g/mol. The van der Waals surface area contributed by atoms with Crippen molar-refractivity contribution >= 4 is 29.4 Å². The fraction of sp³-hybridized carbons (Fsp3) is 0.357. The average Bonchev–Trinajstić information content (AvgIpc) is 2.41. The molecule has 0 aliphatic carbocycles. The molecule has 0 bridgehead atoms. The molecule has 2 amide bonds. The van der Waals surface area contributed by atoms with Gasteiger partial charge in [0.15, 0.2) is 0 Å². The highest BCUT2D eigenvalue weighted by Gasteiger charge is 2.20. The summed E-state index contributed by atoms with van der Waals surface area (Å²) in [5.74, 6) is -1.99. The van der Waals surface area contributed by atoms with Gasteiger partial charge in [0, 0.05) is 16.6 Å². The molecule has 0 spiro atoms. The third-order valence-corrected chi connectivity index (χ3v) is 2.97. The molecule has 0 atom stereocenters. The number of benzene rings is 1. The molecule has 2 N–H and O–H groups in total. The first-order chi connectivity index (χ1) is 9.81. The lowest BCUT2D eigenvalue weighted by Crippen LogP contribution is -2.45. The third kappa shape index (κ3) is 5.43. The minimum atomic E-state index is -1.10. The molecule has 1 rings (SSSR count).